The van der Waals surface area contributed by atoms with Gasteiger partial charge in [0.15, 0.2) is 0 Å². The van der Waals surface area contributed by atoms with Crippen LogP contribution in [0.2, 0.25) is 0 Å². The van der Waals surface area contributed by atoms with Crippen molar-refractivity contribution in [2.45, 2.75) is 32.7 Å². The van der Waals surface area contributed by atoms with Gasteiger partial charge in [-0.15, -0.1) is 0 Å². The van der Waals surface area contributed by atoms with E-state index in [1.165, 1.54) is 0 Å². The molecule has 0 bridgehead atoms. The highest BCUT2D eigenvalue weighted by molar-refractivity contribution is 5.83. The van der Waals surface area contributed by atoms with E-state index in [0.717, 1.165) is 5.69 Å². The largest absolute Gasteiger partial charge is 0.480 e. The fourth-order valence-electron chi connectivity index (χ4n) is 1.88. The van der Waals surface area contributed by atoms with Crippen LogP contribution in [0.25, 0.3) is 0 Å². The average Bonchev–Trinajstić information content (AvgIpc) is 2.30. The number of benzene rings is 1. The molecule has 16 heavy (non-hydrogen) atoms. The van der Waals surface area contributed by atoms with Gasteiger partial charge in [0.2, 0.25) is 0 Å². The Morgan fingerprint density at radius 1 is 1.31 bits per heavy atom. The molecule has 1 unspecified atom stereocenters. The van der Waals surface area contributed by atoms with E-state index in [-0.39, 0.29) is 0 Å². The maximum absolute atomic E-state index is 11.4. The molecule has 0 heterocycles. The number of hydrogen-bond acceptors (Lipinski definition) is 2. The molecule has 0 spiro atoms. The van der Waals surface area contributed by atoms with Gasteiger partial charge in [0.25, 0.3) is 0 Å². The van der Waals surface area contributed by atoms with Crippen LogP contribution < -0.4 is 4.90 Å². The summed E-state index contributed by atoms with van der Waals surface area (Å²) >= 11 is 0. The fraction of sp³-hybridized carbons (Fsp3) is 0.462. The number of likely N-dealkylation sites (N-methyl/N-ethyl adjacent to an activating group) is 1. The minimum Gasteiger partial charge on any atom is -0.480 e. The fourth-order valence-corrected chi connectivity index (χ4v) is 1.88. The highest BCUT2D eigenvalue weighted by atomic mass is 16.4. The number of rotatable bonds is 5. The smallest absolute Gasteiger partial charge is 0.329 e. The number of nitrogens with zero attached hydrogens (tertiary/aromatic N) is 1. The molecule has 1 aromatic rings. The van der Waals surface area contributed by atoms with Crippen LogP contribution in [0.3, 0.4) is 0 Å². The van der Waals surface area contributed by atoms with Crippen molar-refractivity contribution in [3.05, 3.63) is 30.3 Å². The standard InChI is InChI=1S/C13H19NO2/c1-4-13(3,12(15)16)14(5-2)11-9-7-6-8-10-11/h6-10H,4-5H2,1-3H3,(H,15,16). The summed E-state index contributed by atoms with van der Waals surface area (Å²) in [6.07, 6.45) is 0.574. The lowest BCUT2D eigenvalue weighted by atomic mass is 9.95. The molecule has 1 atom stereocenters. The Bertz CT molecular complexity index is 350. The number of carboxylic acids is 1. The van der Waals surface area contributed by atoms with Crippen molar-refractivity contribution < 1.29 is 9.90 Å². The second kappa shape index (κ2) is 5.01. The topological polar surface area (TPSA) is 40.5 Å². The SMILES string of the molecule is CCN(c1ccccc1)C(C)(CC)C(=O)O. The van der Waals surface area contributed by atoms with Crippen molar-refractivity contribution in [1.82, 2.24) is 0 Å². The zero-order chi connectivity index (χ0) is 12.2. The third-order valence-electron chi connectivity index (χ3n) is 3.13. The Labute approximate surface area is 96.7 Å². The first-order valence-electron chi connectivity index (χ1n) is 5.62. The van der Waals surface area contributed by atoms with Crippen molar-refractivity contribution in [1.29, 1.82) is 0 Å². The molecule has 0 aliphatic rings. The second-order valence-electron chi connectivity index (χ2n) is 4.01. The predicted molar refractivity (Wildman–Crippen MR) is 65.8 cm³/mol. The maximum atomic E-state index is 11.4. The van der Waals surface area contributed by atoms with E-state index in [1.807, 2.05) is 49.1 Å². The van der Waals surface area contributed by atoms with Crippen LogP contribution in [0, 0.1) is 0 Å². The van der Waals surface area contributed by atoms with Gasteiger partial charge in [-0.1, -0.05) is 25.1 Å². The number of carboxylic acid groups (broad SMARTS) is 1. The second-order valence-corrected chi connectivity index (χ2v) is 4.01. The van der Waals surface area contributed by atoms with Gasteiger partial charge in [-0.3, -0.25) is 0 Å². The minimum absolute atomic E-state index is 0.574. The zero-order valence-corrected chi connectivity index (χ0v) is 10.1. The summed E-state index contributed by atoms with van der Waals surface area (Å²) in [5.41, 5.74) is 0.118. The lowest BCUT2D eigenvalue weighted by Crippen LogP contribution is -2.52. The van der Waals surface area contributed by atoms with Crippen molar-refractivity contribution >= 4 is 11.7 Å². The zero-order valence-electron chi connectivity index (χ0n) is 10.1. The molecule has 1 aromatic carbocycles. The summed E-state index contributed by atoms with van der Waals surface area (Å²) < 4.78 is 0. The highest BCUT2D eigenvalue weighted by Gasteiger charge is 2.37. The van der Waals surface area contributed by atoms with Gasteiger partial charge in [-0.2, -0.15) is 0 Å². The Hall–Kier alpha value is -1.51. The molecule has 0 fully saturated rings. The summed E-state index contributed by atoms with van der Waals surface area (Å²) in [5.74, 6) is -0.777. The van der Waals surface area contributed by atoms with E-state index in [1.54, 1.807) is 6.92 Å². The molecule has 0 aliphatic heterocycles. The molecular formula is C13H19NO2. The number of hydrogen-bond donors (Lipinski definition) is 1. The molecular weight excluding hydrogens is 202 g/mol. The van der Waals surface area contributed by atoms with Gasteiger partial charge in [0, 0.05) is 12.2 Å². The first kappa shape index (κ1) is 12.6. The Balaban J connectivity index is 3.11. The first-order valence-corrected chi connectivity index (χ1v) is 5.62. The van der Waals surface area contributed by atoms with Crippen molar-refractivity contribution in [2.24, 2.45) is 0 Å². The molecule has 1 N–H and O–H groups in total. The van der Waals surface area contributed by atoms with Crippen LogP contribution in [0.15, 0.2) is 30.3 Å². The number of anilines is 1. The summed E-state index contributed by atoms with van der Waals surface area (Å²) in [4.78, 5) is 13.3. The minimum atomic E-state index is -0.837. The van der Waals surface area contributed by atoms with E-state index in [0.29, 0.717) is 13.0 Å². The third kappa shape index (κ3) is 2.18. The van der Waals surface area contributed by atoms with Gasteiger partial charge < -0.3 is 10.0 Å². The van der Waals surface area contributed by atoms with Gasteiger partial charge in [0.1, 0.15) is 5.54 Å². The van der Waals surface area contributed by atoms with Crippen LogP contribution in [0.4, 0.5) is 5.69 Å². The molecule has 3 heteroatoms. The molecule has 0 radical (unpaired) electrons. The van der Waals surface area contributed by atoms with E-state index in [2.05, 4.69) is 0 Å². The summed E-state index contributed by atoms with van der Waals surface area (Å²) in [6.45, 7) is 6.33. The monoisotopic (exact) mass is 221 g/mol. The molecule has 3 nitrogen and oxygen atoms in total. The normalized spacial score (nSPS) is 14.2. The van der Waals surface area contributed by atoms with E-state index < -0.39 is 11.5 Å². The van der Waals surface area contributed by atoms with Crippen LogP contribution >= 0.6 is 0 Å². The number of carbonyl (C=O) groups is 1. The molecule has 0 aromatic heterocycles. The molecule has 88 valence electrons. The Kier molecular flexibility index (Phi) is 3.93. The molecule has 0 saturated heterocycles. The van der Waals surface area contributed by atoms with Gasteiger partial charge in [-0.25, -0.2) is 4.79 Å². The van der Waals surface area contributed by atoms with Crippen LogP contribution in [-0.2, 0) is 4.79 Å². The van der Waals surface area contributed by atoms with Crippen LogP contribution in [0.1, 0.15) is 27.2 Å². The molecule has 0 aliphatic carbocycles. The van der Waals surface area contributed by atoms with Crippen molar-refractivity contribution in [2.75, 3.05) is 11.4 Å². The van der Waals surface area contributed by atoms with Crippen LogP contribution in [-0.4, -0.2) is 23.2 Å². The summed E-state index contributed by atoms with van der Waals surface area (Å²) in [6, 6.07) is 9.67. The molecule has 0 amide bonds. The van der Waals surface area contributed by atoms with Crippen molar-refractivity contribution in [3.8, 4) is 0 Å². The predicted octanol–water partition coefficient (Wildman–Crippen LogP) is 2.77. The lowest BCUT2D eigenvalue weighted by Gasteiger charge is -2.38. The van der Waals surface area contributed by atoms with E-state index >= 15 is 0 Å². The third-order valence-corrected chi connectivity index (χ3v) is 3.13. The number of aliphatic carboxylic acids is 1. The van der Waals surface area contributed by atoms with Crippen LogP contribution in [0.5, 0.6) is 0 Å². The van der Waals surface area contributed by atoms with Crippen molar-refractivity contribution in [3.63, 3.8) is 0 Å². The highest BCUT2D eigenvalue weighted by Crippen LogP contribution is 2.26. The first-order chi connectivity index (χ1) is 7.56. The van der Waals surface area contributed by atoms with E-state index in [9.17, 15) is 9.90 Å². The lowest BCUT2D eigenvalue weighted by molar-refractivity contribution is -0.142. The van der Waals surface area contributed by atoms with Gasteiger partial charge >= 0.3 is 5.97 Å². The van der Waals surface area contributed by atoms with Gasteiger partial charge in [-0.05, 0) is 32.4 Å². The average molecular weight is 221 g/mol. The molecule has 1 rings (SSSR count). The molecule has 0 saturated carbocycles. The Morgan fingerprint density at radius 3 is 2.25 bits per heavy atom. The summed E-state index contributed by atoms with van der Waals surface area (Å²) in [5, 5.41) is 9.35. The maximum Gasteiger partial charge on any atom is 0.329 e. The Morgan fingerprint density at radius 2 is 1.88 bits per heavy atom. The summed E-state index contributed by atoms with van der Waals surface area (Å²) in [7, 11) is 0. The van der Waals surface area contributed by atoms with Gasteiger partial charge in [0.05, 0.1) is 0 Å². The number of para-hydroxylation sites is 1. The van der Waals surface area contributed by atoms with E-state index in [4.69, 9.17) is 0 Å². The quantitative estimate of drug-likeness (QED) is 0.831.